The van der Waals surface area contributed by atoms with E-state index >= 15 is 0 Å². The van der Waals surface area contributed by atoms with Gasteiger partial charge in [0.2, 0.25) is 15.9 Å². The maximum Gasteiger partial charge on any atom is 0.243 e. The van der Waals surface area contributed by atoms with E-state index in [-0.39, 0.29) is 29.3 Å². The minimum Gasteiger partial charge on any atom is -0.497 e. The minimum atomic E-state index is -3.64. The Bertz CT molecular complexity index is 1050. The molecule has 31 heavy (non-hydrogen) atoms. The molecule has 0 bridgehead atoms. The number of ether oxygens (including phenoxy) is 1. The molecule has 2 aromatic carbocycles. The molecule has 7 heteroatoms. The van der Waals surface area contributed by atoms with Crippen LogP contribution < -0.4 is 10.1 Å². The molecule has 1 amide bonds. The molecule has 0 spiro atoms. The zero-order valence-corrected chi connectivity index (χ0v) is 19.0. The molecule has 0 aromatic heterocycles. The third-order valence-electron chi connectivity index (χ3n) is 6.43. The van der Waals surface area contributed by atoms with Gasteiger partial charge in [0.1, 0.15) is 5.75 Å². The Balaban J connectivity index is 1.42. The summed E-state index contributed by atoms with van der Waals surface area (Å²) in [7, 11) is -2.10. The third kappa shape index (κ3) is 4.62. The first kappa shape index (κ1) is 21.8. The fraction of sp³-hybridized carbons (Fsp3) is 0.458. The number of hydrogen-bond acceptors (Lipinski definition) is 4. The number of carbonyl (C=O) groups excluding carboxylic acids is 1. The summed E-state index contributed by atoms with van der Waals surface area (Å²) >= 11 is 0. The lowest BCUT2D eigenvalue weighted by Crippen LogP contribution is -2.45. The number of nitrogens with zero attached hydrogens (tertiary/aromatic N) is 1. The second kappa shape index (κ2) is 9.01. The fourth-order valence-electron chi connectivity index (χ4n) is 4.55. The zero-order chi connectivity index (χ0) is 22.0. The van der Waals surface area contributed by atoms with Crippen molar-refractivity contribution < 1.29 is 17.9 Å². The average Bonchev–Trinajstić information content (AvgIpc) is 3.27. The molecule has 1 fully saturated rings. The average molecular weight is 443 g/mol. The molecule has 1 N–H and O–H groups in total. The number of hydrogen-bond donors (Lipinski definition) is 1. The maximum atomic E-state index is 13.1. The number of piperidine rings is 1. The van der Waals surface area contributed by atoms with Gasteiger partial charge in [-0.25, -0.2) is 8.42 Å². The van der Waals surface area contributed by atoms with E-state index < -0.39 is 10.0 Å². The number of rotatable bonds is 6. The monoisotopic (exact) mass is 442 g/mol. The van der Waals surface area contributed by atoms with Gasteiger partial charge < -0.3 is 10.1 Å². The summed E-state index contributed by atoms with van der Waals surface area (Å²) in [4.78, 5) is 13.2. The molecule has 6 nitrogen and oxygen atoms in total. The molecule has 0 radical (unpaired) electrons. The van der Waals surface area contributed by atoms with Crippen molar-refractivity contribution in [3.8, 4) is 5.75 Å². The number of nitrogens with one attached hydrogen (secondary N) is 1. The highest BCUT2D eigenvalue weighted by atomic mass is 32.2. The highest BCUT2D eigenvalue weighted by Gasteiger charge is 2.33. The van der Waals surface area contributed by atoms with Crippen molar-refractivity contribution in [2.45, 2.75) is 50.0 Å². The van der Waals surface area contributed by atoms with Gasteiger partial charge in [0, 0.05) is 13.1 Å². The van der Waals surface area contributed by atoms with Gasteiger partial charge in [-0.15, -0.1) is 0 Å². The minimum absolute atomic E-state index is 0.0809. The first-order chi connectivity index (χ1) is 14.9. The largest absolute Gasteiger partial charge is 0.497 e. The van der Waals surface area contributed by atoms with E-state index in [2.05, 4.69) is 23.5 Å². The van der Waals surface area contributed by atoms with E-state index in [1.54, 1.807) is 31.4 Å². The van der Waals surface area contributed by atoms with Gasteiger partial charge in [-0.1, -0.05) is 18.2 Å². The Morgan fingerprint density at radius 3 is 2.58 bits per heavy atom. The number of fused-ring (bicyclic) bond motifs is 1. The zero-order valence-electron chi connectivity index (χ0n) is 18.1. The first-order valence-corrected chi connectivity index (χ1v) is 12.4. The van der Waals surface area contributed by atoms with Crippen LogP contribution in [-0.2, 0) is 27.7 Å². The summed E-state index contributed by atoms with van der Waals surface area (Å²) in [6.07, 6.45) is 4.79. The highest BCUT2D eigenvalue weighted by molar-refractivity contribution is 7.89. The van der Waals surface area contributed by atoms with Crippen molar-refractivity contribution >= 4 is 15.9 Å². The van der Waals surface area contributed by atoms with E-state index in [0.29, 0.717) is 25.1 Å². The summed E-state index contributed by atoms with van der Waals surface area (Å²) in [5.41, 5.74) is 3.90. The van der Waals surface area contributed by atoms with Crippen LogP contribution >= 0.6 is 0 Å². The number of methoxy groups -OCH3 is 1. The van der Waals surface area contributed by atoms with Gasteiger partial charge in [0.25, 0.3) is 0 Å². The highest BCUT2D eigenvalue weighted by Crippen LogP contribution is 2.28. The second-order valence-corrected chi connectivity index (χ2v) is 10.4. The van der Waals surface area contributed by atoms with E-state index in [1.807, 2.05) is 6.92 Å². The molecule has 1 heterocycles. The lowest BCUT2D eigenvalue weighted by Gasteiger charge is -2.32. The summed E-state index contributed by atoms with van der Waals surface area (Å²) in [5.74, 6) is 0.177. The molecule has 4 rings (SSSR count). The van der Waals surface area contributed by atoms with Crippen LogP contribution in [0.1, 0.15) is 48.9 Å². The number of benzene rings is 2. The summed E-state index contributed by atoms with van der Waals surface area (Å²) in [6.45, 7) is 2.62. The van der Waals surface area contributed by atoms with Gasteiger partial charge in [-0.3, -0.25) is 4.79 Å². The maximum absolute atomic E-state index is 13.1. The Morgan fingerprint density at radius 2 is 1.84 bits per heavy atom. The molecule has 1 aliphatic carbocycles. The standard InChI is InChI=1S/C24H30N2O4S/c1-17(19-9-8-18-5-3-6-20(18)15-19)25-24(27)21-7-4-14-26(16-21)31(28,29)23-12-10-22(30-2)11-13-23/h8-13,15,17,21H,3-7,14,16H2,1-2H3,(H,25,27)/t17-,21+/m0/s1. The molecule has 1 saturated heterocycles. The topological polar surface area (TPSA) is 75.7 Å². The second-order valence-electron chi connectivity index (χ2n) is 8.49. The normalized spacial score (nSPS) is 20.1. The van der Waals surface area contributed by atoms with Crippen molar-refractivity contribution in [3.63, 3.8) is 0 Å². The van der Waals surface area contributed by atoms with E-state index in [4.69, 9.17) is 4.74 Å². The smallest absolute Gasteiger partial charge is 0.243 e. The van der Waals surface area contributed by atoms with Crippen LogP contribution in [0.4, 0.5) is 0 Å². The van der Waals surface area contributed by atoms with Crippen LogP contribution in [0.3, 0.4) is 0 Å². The van der Waals surface area contributed by atoms with Crippen LogP contribution in [-0.4, -0.2) is 38.8 Å². The van der Waals surface area contributed by atoms with Crippen LogP contribution in [0.5, 0.6) is 5.75 Å². The quantitative estimate of drug-likeness (QED) is 0.743. The predicted molar refractivity (Wildman–Crippen MR) is 120 cm³/mol. The molecule has 2 atom stereocenters. The SMILES string of the molecule is COc1ccc(S(=O)(=O)N2CCC[C@@H](C(=O)N[C@@H](C)c3ccc4c(c3)CCC4)C2)cc1. The molecular weight excluding hydrogens is 412 g/mol. The molecule has 1 aliphatic heterocycles. The lowest BCUT2D eigenvalue weighted by molar-refractivity contribution is -0.126. The molecule has 2 aromatic rings. The van der Waals surface area contributed by atoms with Gasteiger partial charge in [0.15, 0.2) is 0 Å². The first-order valence-electron chi connectivity index (χ1n) is 10.9. The lowest BCUT2D eigenvalue weighted by atomic mass is 9.97. The molecule has 166 valence electrons. The number of sulfonamides is 1. The Morgan fingerprint density at radius 1 is 1.10 bits per heavy atom. The van der Waals surface area contributed by atoms with Crippen molar-refractivity contribution in [2.75, 3.05) is 20.2 Å². The van der Waals surface area contributed by atoms with Crippen molar-refractivity contribution in [1.29, 1.82) is 0 Å². The van der Waals surface area contributed by atoms with Crippen molar-refractivity contribution in [1.82, 2.24) is 9.62 Å². The molecule has 0 unspecified atom stereocenters. The summed E-state index contributed by atoms with van der Waals surface area (Å²) in [6, 6.07) is 12.7. The fourth-order valence-corrected chi connectivity index (χ4v) is 6.07. The van der Waals surface area contributed by atoms with E-state index in [1.165, 1.54) is 21.9 Å². The Hall–Kier alpha value is -2.38. The predicted octanol–water partition coefficient (Wildman–Crippen LogP) is 3.46. The molecular formula is C24H30N2O4S. The van der Waals surface area contributed by atoms with Gasteiger partial charge >= 0.3 is 0 Å². The van der Waals surface area contributed by atoms with Crippen LogP contribution in [0.25, 0.3) is 0 Å². The van der Waals surface area contributed by atoms with Gasteiger partial charge in [-0.2, -0.15) is 4.31 Å². The van der Waals surface area contributed by atoms with Crippen LogP contribution in [0, 0.1) is 5.92 Å². The Kier molecular flexibility index (Phi) is 6.34. The van der Waals surface area contributed by atoms with E-state index in [0.717, 1.165) is 18.4 Å². The van der Waals surface area contributed by atoms with Gasteiger partial charge in [0.05, 0.1) is 24.0 Å². The number of carbonyl (C=O) groups is 1. The summed E-state index contributed by atoms with van der Waals surface area (Å²) in [5, 5.41) is 3.11. The third-order valence-corrected chi connectivity index (χ3v) is 8.31. The molecule has 0 saturated carbocycles. The molecule has 2 aliphatic rings. The van der Waals surface area contributed by atoms with Crippen LogP contribution in [0.2, 0.25) is 0 Å². The number of aryl methyl sites for hydroxylation is 2. The Labute approximate surface area is 184 Å². The number of amides is 1. The van der Waals surface area contributed by atoms with Gasteiger partial charge in [-0.05, 0) is 80.0 Å². The van der Waals surface area contributed by atoms with E-state index in [9.17, 15) is 13.2 Å². The van der Waals surface area contributed by atoms with Crippen molar-refractivity contribution in [2.24, 2.45) is 5.92 Å². The van der Waals surface area contributed by atoms with Crippen LogP contribution in [0.15, 0.2) is 47.4 Å². The van der Waals surface area contributed by atoms with Crippen molar-refractivity contribution in [3.05, 3.63) is 59.2 Å². The summed E-state index contributed by atoms with van der Waals surface area (Å²) < 4.78 is 32.7.